The van der Waals surface area contributed by atoms with Gasteiger partial charge in [0.1, 0.15) is 0 Å². The van der Waals surface area contributed by atoms with Gasteiger partial charge in [-0.05, 0) is 31.6 Å². The molecule has 110 valence electrons. The van der Waals surface area contributed by atoms with E-state index in [0.29, 0.717) is 17.9 Å². The van der Waals surface area contributed by atoms with Crippen molar-refractivity contribution in [3.8, 4) is 0 Å². The lowest BCUT2D eigenvalue weighted by Gasteiger charge is -2.36. The summed E-state index contributed by atoms with van der Waals surface area (Å²) in [5.74, 6) is 0.962. The van der Waals surface area contributed by atoms with Crippen molar-refractivity contribution >= 4 is 11.9 Å². The molecule has 1 aliphatic rings. The first-order chi connectivity index (χ1) is 8.95. The number of imide groups is 1. The molecular weight excluding hydrogens is 242 g/mol. The fourth-order valence-corrected chi connectivity index (χ4v) is 2.84. The van der Waals surface area contributed by atoms with Gasteiger partial charge in [-0.2, -0.15) is 0 Å². The maximum Gasteiger partial charge on any atom is 0.321 e. The monoisotopic (exact) mass is 269 g/mol. The third kappa shape index (κ3) is 4.82. The summed E-state index contributed by atoms with van der Waals surface area (Å²) in [6.07, 6.45) is 4.82. The van der Waals surface area contributed by atoms with Gasteiger partial charge in [-0.15, -0.1) is 0 Å². The summed E-state index contributed by atoms with van der Waals surface area (Å²) in [6, 6.07) is -0.427. The molecule has 3 N–H and O–H groups in total. The fraction of sp³-hybridized carbons (Fsp3) is 0.857. The zero-order chi connectivity index (χ0) is 14.4. The summed E-state index contributed by atoms with van der Waals surface area (Å²) in [7, 11) is 1.50. The van der Waals surface area contributed by atoms with Crippen LogP contribution in [0.2, 0.25) is 0 Å². The van der Waals surface area contributed by atoms with Gasteiger partial charge in [-0.25, -0.2) is 4.79 Å². The molecule has 0 bridgehead atoms. The molecule has 3 atom stereocenters. The van der Waals surface area contributed by atoms with Gasteiger partial charge in [0.05, 0.1) is 6.04 Å². The van der Waals surface area contributed by atoms with E-state index in [4.69, 9.17) is 0 Å². The number of carbonyl (C=O) groups is 2. The fourth-order valence-electron chi connectivity index (χ4n) is 2.84. The molecule has 0 aromatic rings. The van der Waals surface area contributed by atoms with Gasteiger partial charge in [-0.1, -0.05) is 26.7 Å². The van der Waals surface area contributed by atoms with Crippen LogP contribution in [0.25, 0.3) is 0 Å². The first-order valence-corrected chi connectivity index (χ1v) is 7.24. The van der Waals surface area contributed by atoms with E-state index in [9.17, 15) is 9.59 Å². The Morgan fingerprint density at radius 2 is 1.74 bits per heavy atom. The summed E-state index contributed by atoms with van der Waals surface area (Å²) < 4.78 is 0. The summed E-state index contributed by atoms with van der Waals surface area (Å²) in [6.45, 7) is 6.28. The van der Waals surface area contributed by atoms with E-state index in [-0.39, 0.29) is 11.9 Å². The first kappa shape index (κ1) is 16.0. The molecule has 19 heavy (non-hydrogen) atoms. The highest BCUT2D eigenvalue weighted by Crippen LogP contribution is 2.30. The molecule has 1 fully saturated rings. The number of rotatable bonds is 4. The highest BCUT2D eigenvalue weighted by Gasteiger charge is 2.29. The van der Waals surface area contributed by atoms with Crippen molar-refractivity contribution < 1.29 is 9.59 Å². The quantitative estimate of drug-likeness (QED) is 0.726. The van der Waals surface area contributed by atoms with Gasteiger partial charge in [0, 0.05) is 13.1 Å². The Morgan fingerprint density at radius 3 is 2.32 bits per heavy atom. The average molecular weight is 269 g/mol. The molecular formula is C14H27N3O2. The Balaban J connectivity index is 2.51. The van der Waals surface area contributed by atoms with Gasteiger partial charge in [0.2, 0.25) is 5.91 Å². The standard InChI is InChI=1S/C14H27N3O2/c1-9(2)11-7-5-6-8-12(11)16-10(3)13(18)17-14(19)15-4/h9-12,16H,5-8H2,1-4H3,(H2,15,17,18,19). The normalized spacial score (nSPS) is 24.9. The van der Waals surface area contributed by atoms with Gasteiger partial charge < -0.3 is 10.6 Å². The van der Waals surface area contributed by atoms with Gasteiger partial charge in [-0.3, -0.25) is 10.1 Å². The van der Waals surface area contributed by atoms with Crippen LogP contribution in [0.15, 0.2) is 0 Å². The number of carbonyl (C=O) groups excluding carboxylic acids is 2. The van der Waals surface area contributed by atoms with Crippen LogP contribution >= 0.6 is 0 Å². The lowest BCUT2D eigenvalue weighted by molar-refractivity contribution is -0.122. The minimum absolute atomic E-state index is 0.271. The Hall–Kier alpha value is -1.10. The lowest BCUT2D eigenvalue weighted by atomic mass is 9.77. The zero-order valence-electron chi connectivity index (χ0n) is 12.5. The van der Waals surface area contributed by atoms with E-state index < -0.39 is 6.03 Å². The van der Waals surface area contributed by atoms with Crippen LogP contribution in [-0.4, -0.2) is 31.1 Å². The van der Waals surface area contributed by atoms with Crippen LogP contribution in [0, 0.1) is 11.8 Å². The minimum atomic E-state index is -0.456. The molecule has 1 saturated carbocycles. The SMILES string of the molecule is CNC(=O)NC(=O)C(C)NC1CCCCC1C(C)C. The second kappa shape index (κ2) is 7.48. The van der Waals surface area contributed by atoms with E-state index in [1.165, 1.54) is 26.3 Å². The van der Waals surface area contributed by atoms with Crippen molar-refractivity contribution in [1.29, 1.82) is 0 Å². The molecule has 0 heterocycles. The highest BCUT2D eigenvalue weighted by atomic mass is 16.2. The van der Waals surface area contributed by atoms with Crippen molar-refractivity contribution in [2.75, 3.05) is 7.05 Å². The van der Waals surface area contributed by atoms with Crippen LogP contribution in [0.3, 0.4) is 0 Å². The molecule has 0 spiro atoms. The molecule has 0 aromatic carbocycles. The third-order valence-electron chi connectivity index (χ3n) is 4.00. The molecule has 5 nitrogen and oxygen atoms in total. The summed E-state index contributed by atoms with van der Waals surface area (Å²) in [5.41, 5.74) is 0. The van der Waals surface area contributed by atoms with Crippen LogP contribution in [0.5, 0.6) is 0 Å². The largest absolute Gasteiger partial charge is 0.341 e. The van der Waals surface area contributed by atoms with Gasteiger partial charge in [0.15, 0.2) is 0 Å². The van der Waals surface area contributed by atoms with Crippen LogP contribution < -0.4 is 16.0 Å². The molecule has 5 heteroatoms. The number of hydrogen-bond acceptors (Lipinski definition) is 3. The van der Waals surface area contributed by atoms with Crippen LogP contribution in [0.4, 0.5) is 4.79 Å². The van der Waals surface area contributed by atoms with E-state index in [1.54, 1.807) is 0 Å². The van der Waals surface area contributed by atoms with E-state index in [0.717, 1.165) is 6.42 Å². The number of urea groups is 1. The van der Waals surface area contributed by atoms with Crippen LogP contribution in [0.1, 0.15) is 46.5 Å². The molecule has 3 amide bonds. The molecule has 0 aliphatic heterocycles. The Morgan fingerprint density at radius 1 is 1.11 bits per heavy atom. The minimum Gasteiger partial charge on any atom is -0.341 e. The van der Waals surface area contributed by atoms with Crippen molar-refractivity contribution in [2.24, 2.45) is 11.8 Å². The highest BCUT2D eigenvalue weighted by molar-refractivity contribution is 5.96. The van der Waals surface area contributed by atoms with Gasteiger partial charge in [0.25, 0.3) is 0 Å². The molecule has 3 unspecified atom stereocenters. The van der Waals surface area contributed by atoms with Crippen LogP contribution in [-0.2, 0) is 4.79 Å². The third-order valence-corrected chi connectivity index (χ3v) is 4.00. The molecule has 0 radical (unpaired) electrons. The number of nitrogens with one attached hydrogen (secondary N) is 3. The smallest absolute Gasteiger partial charge is 0.321 e. The van der Waals surface area contributed by atoms with E-state index in [1.807, 2.05) is 6.92 Å². The number of amides is 3. The van der Waals surface area contributed by atoms with Crippen molar-refractivity contribution in [3.63, 3.8) is 0 Å². The summed E-state index contributed by atoms with van der Waals surface area (Å²) >= 11 is 0. The molecule has 0 saturated heterocycles. The zero-order valence-corrected chi connectivity index (χ0v) is 12.5. The van der Waals surface area contributed by atoms with Crippen molar-refractivity contribution in [3.05, 3.63) is 0 Å². The maximum absolute atomic E-state index is 11.8. The summed E-state index contributed by atoms with van der Waals surface area (Å²) in [5, 5.41) is 8.08. The Labute approximate surface area is 115 Å². The van der Waals surface area contributed by atoms with Gasteiger partial charge >= 0.3 is 6.03 Å². The topological polar surface area (TPSA) is 70.2 Å². The van der Waals surface area contributed by atoms with E-state index in [2.05, 4.69) is 29.8 Å². The van der Waals surface area contributed by atoms with Crippen molar-refractivity contribution in [1.82, 2.24) is 16.0 Å². The lowest BCUT2D eigenvalue weighted by Crippen LogP contribution is -2.52. The first-order valence-electron chi connectivity index (χ1n) is 7.24. The van der Waals surface area contributed by atoms with Crippen molar-refractivity contribution in [2.45, 2.75) is 58.5 Å². The second-order valence-corrected chi connectivity index (χ2v) is 5.76. The molecule has 1 rings (SSSR count). The second-order valence-electron chi connectivity index (χ2n) is 5.76. The predicted octanol–water partition coefficient (Wildman–Crippen LogP) is 1.63. The summed E-state index contributed by atoms with van der Waals surface area (Å²) in [4.78, 5) is 22.9. The average Bonchev–Trinajstić information content (AvgIpc) is 2.38. The Kier molecular flexibility index (Phi) is 6.28. The molecule has 0 aromatic heterocycles. The van der Waals surface area contributed by atoms with E-state index >= 15 is 0 Å². The molecule has 1 aliphatic carbocycles. The Bertz CT molecular complexity index is 318. The maximum atomic E-state index is 11.8. The number of hydrogen-bond donors (Lipinski definition) is 3. The predicted molar refractivity (Wildman–Crippen MR) is 75.8 cm³/mol.